The summed E-state index contributed by atoms with van der Waals surface area (Å²) >= 11 is 6.03. The minimum atomic E-state index is -1.04. The molecule has 7 heteroatoms. The van der Waals surface area contributed by atoms with Crippen molar-refractivity contribution in [2.75, 3.05) is 19.7 Å². The van der Waals surface area contributed by atoms with Gasteiger partial charge in [-0.1, -0.05) is 23.7 Å². The Balaban J connectivity index is 1.81. The Morgan fingerprint density at radius 1 is 1.40 bits per heavy atom. The van der Waals surface area contributed by atoms with Crippen LogP contribution in [0.4, 0.5) is 0 Å². The lowest BCUT2D eigenvalue weighted by molar-refractivity contribution is -0.136. The lowest BCUT2D eigenvalue weighted by atomic mass is 10.1. The number of aliphatic carboxylic acids is 1. The molecule has 1 aromatic carbocycles. The van der Waals surface area contributed by atoms with Crippen LogP contribution in [0.15, 0.2) is 34.9 Å². The first-order chi connectivity index (χ1) is 12.0. The molecule has 1 aliphatic heterocycles. The van der Waals surface area contributed by atoms with Crippen LogP contribution < -0.4 is 0 Å². The van der Waals surface area contributed by atoms with E-state index in [0.717, 1.165) is 5.56 Å². The van der Waals surface area contributed by atoms with Crippen molar-refractivity contribution in [3.63, 3.8) is 0 Å². The van der Waals surface area contributed by atoms with Gasteiger partial charge >= 0.3 is 5.97 Å². The van der Waals surface area contributed by atoms with Crippen LogP contribution >= 0.6 is 11.6 Å². The second kappa shape index (κ2) is 7.29. The molecular formula is C18H18ClNO5. The summed E-state index contributed by atoms with van der Waals surface area (Å²) in [5, 5.41) is 9.60. The molecule has 0 spiro atoms. The molecule has 1 saturated heterocycles. The zero-order chi connectivity index (χ0) is 18.0. The van der Waals surface area contributed by atoms with Crippen LogP contribution in [0.5, 0.6) is 0 Å². The Morgan fingerprint density at radius 2 is 2.20 bits per heavy atom. The van der Waals surface area contributed by atoms with Gasteiger partial charge in [-0.2, -0.15) is 0 Å². The minimum absolute atomic E-state index is 0.181. The van der Waals surface area contributed by atoms with Gasteiger partial charge in [-0.3, -0.25) is 9.59 Å². The molecule has 0 radical (unpaired) electrons. The van der Waals surface area contributed by atoms with Crippen molar-refractivity contribution in [1.29, 1.82) is 0 Å². The highest BCUT2D eigenvalue weighted by Gasteiger charge is 2.30. The first kappa shape index (κ1) is 17.5. The second-order valence-electron chi connectivity index (χ2n) is 5.95. The number of hydrogen-bond donors (Lipinski definition) is 1. The second-order valence-corrected chi connectivity index (χ2v) is 6.39. The fourth-order valence-corrected chi connectivity index (χ4v) is 3.15. The van der Waals surface area contributed by atoms with Gasteiger partial charge in [0.1, 0.15) is 18.3 Å². The van der Waals surface area contributed by atoms with Gasteiger partial charge in [0.15, 0.2) is 0 Å². The monoisotopic (exact) mass is 363 g/mol. The van der Waals surface area contributed by atoms with E-state index < -0.39 is 5.97 Å². The maximum atomic E-state index is 12.9. The molecule has 1 atom stereocenters. The Kier molecular flexibility index (Phi) is 5.11. The molecule has 1 aliphatic rings. The number of hydrogen-bond acceptors (Lipinski definition) is 4. The highest BCUT2D eigenvalue weighted by Crippen LogP contribution is 2.27. The number of ether oxygens (including phenoxy) is 1. The van der Waals surface area contributed by atoms with Crippen LogP contribution in [-0.4, -0.2) is 41.6 Å². The van der Waals surface area contributed by atoms with Crippen molar-refractivity contribution < 1.29 is 23.8 Å². The van der Waals surface area contributed by atoms with E-state index in [4.69, 9.17) is 25.9 Å². The fourth-order valence-electron chi connectivity index (χ4n) is 2.95. The van der Waals surface area contributed by atoms with E-state index >= 15 is 0 Å². The van der Waals surface area contributed by atoms with Crippen molar-refractivity contribution in [1.82, 2.24) is 4.90 Å². The standard InChI is InChI=1S/C18H18ClNO5/c1-11-10-25-14(8-16(21)22)17(11)18(23)20-5-6-24-15(9-20)12-3-2-4-13(19)7-12/h2-4,7,10,15H,5-6,8-9H2,1H3,(H,21,22). The van der Waals surface area contributed by atoms with Crippen LogP contribution in [0.1, 0.15) is 33.3 Å². The normalized spacial score (nSPS) is 17.5. The summed E-state index contributed by atoms with van der Waals surface area (Å²) in [6.07, 6.45) is 0.823. The van der Waals surface area contributed by atoms with E-state index in [9.17, 15) is 9.59 Å². The molecule has 1 aromatic heterocycles. The number of aryl methyl sites for hydroxylation is 1. The van der Waals surface area contributed by atoms with Crippen molar-refractivity contribution in [2.24, 2.45) is 0 Å². The smallest absolute Gasteiger partial charge is 0.311 e. The number of morpholine rings is 1. The van der Waals surface area contributed by atoms with Crippen LogP contribution in [0.25, 0.3) is 0 Å². The Morgan fingerprint density at radius 3 is 2.92 bits per heavy atom. The topological polar surface area (TPSA) is 80.0 Å². The van der Waals surface area contributed by atoms with E-state index in [0.29, 0.717) is 35.8 Å². The molecule has 1 fully saturated rings. The van der Waals surface area contributed by atoms with E-state index in [2.05, 4.69) is 0 Å². The number of carbonyl (C=O) groups is 2. The molecule has 132 valence electrons. The summed E-state index contributed by atoms with van der Waals surface area (Å²) in [6, 6.07) is 7.35. The maximum absolute atomic E-state index is 12.9. The predicted molar refractivity (Wildman–Crippen MR) is 90.8 cm³/mol. The minimum Gasteiger partial charge on any atom is -0.481 e. The number of furan rings is 1. The highest BCUT2D eigenvalue weighted by molar-refractivity contribution is 6.30. The molecule has 0 saturated carbocycles. The molecule has 0 bridgehead atoms. The molecule has 2 heterocycles. The van der Waals surface area contributed by atoms with Gasteiger partial charge in [-0.05, 0) is 24.6 Å². The molecule has 25 heavy (non-hydrogen) atoms. The van der Waals surface area contributed by atoms with Crippen LogP contribution in [0.3, 0.4) is 0 Å². The predicted octanol–water partition coefficient (Wildman–Crippen LogP) is 3.08. The number of carboxylic acid groups (broad SMARTS) is 1. The van der Waals surface area contributed by atoms with Crippen LogP contribution in [0.2, 0.25) is 5.02 Å². The van der Waals surface area contributed by atoms with Crippen LogP contribution in [-0.2, 0) is 16.0 Å². The average Bonchev–Trinajstić information content (AvgIpc) is 2.94. The number of amides is 1. The van der Waals surface area contributed by atoms with Gasteiger partial charge in [-0.15, -0.1) is 0 Å². The summed E-state index contributed by atoms with van der Waals surface area (Å²) < 4.78 is 11.0. The van der Waals surface area contributed by atoms with Gasteiger partial charge < -0.3 is 19.2 Å². The first-order valence-corrected chi connectivity index (χ1v) is 8.28. The third-order valence-corrected chi connectivity index (χ3v) is 4.39. The summed E-state index contributed by atoms with van der Waals surface area (Å²) in [4.78, 5) is 25.6. The van der Waals surface area contributed by atoms with E-state index in [1.54, 1.807) is 17.9 Å². The van der Waals surface area contributed by atoms with Gasteiger partial charge in [0, 0.05) is 17.1 Å². The molecule has 2 aromatic rings. The average molecular weight is 364 g/mol. The molecule has 1 amide bonds. The number of carboxylic acids is 1. The van der Waals surface area contributed by atoms with Crippen molar-refractivity contribution in [3.8, 4) is 0 Å². The summed E-state index contributed by atoms with van der Waals surface area (Å²) in [6.45, 7) is 2.94. The summed E-state index contributed by atoms with van der Waals surface area (Å²) in [5.74, 6) is -1.10. The molecular weight excluding hydrogens is 346 g/mol. The SMILES string of the molecule is Cc1coc(CC(=O)O)c1C(=O)N1CCOC(c2cccc(Cl)c2)C1. The molecule has 1 N–H and O–H groups in total. The number of rotatable bonds is 4. The van der Waals surface area contributed by atoms with Gasteiger partial charge in [-0.25, -0.2) is 0 Å². The molecule has 1 unspecified atom stereocenters. The van der Waals surface area contributed by atoms with E-state index in [1.165, 1.54) is 6.26 Å². The first-order valence-electron chi connectivity index (χ1n) is 7.91. The maximum Gasteiger partial charge on any atom is 0.311 e. The zero-order valence-corrected chi connectivity index (χ0v) is 14.5. The van der Waals surface area contributed by atoms with E-state index in [1.807, 2.05) is 18.2 Å². The summed E-state index contributed by atoms with van der Waals surface area (Å²) in [5.41, 5.74) is 1.86. The van der Waals surface area contributed by atoms with Gasteiger partial charge in [0.05, 0.1) is 25.0 Å². The van der Waals surface area contributed by atoms with E-state index in [-0.39, 0.29) is 24.2 Å². The van der Waals surface area contributed by atoms with Crippen LogP contribution in [0, 0.1) is 6.92 Å². The molecule has 6 nitrogen and oxygen atoms in total. The van der Waals surface area contributed by atoms with Gasteiger partial charge in [0.25, 0.3) is 5.91 Å². The lowest BCUT2D eigenvalue weighted by Gasteiger charge is -2.33. The quantitative estimate of drug-likeness (QED) is 0.902. The van der Waals surface area contributed by atoms with Gasteiger partial charge in [0.2, 0.25) is 0 Å². The molecule has 0 aliphatic carbocycles. The lowest BCUT2D eigenvalue weighted by Crippen LogP contribution is -2.42. The number of benzene rings is 1. The van der Waals surface area contributed by atoms with Crippen molar-refractivity contribution >= 4 is 23.5 Å². The third kappa shape index (κ3) is 3.86. The van der Waals surface area contributed by atoms with Crippen molar-refractivity contribution in [3.05, 3.63) is 58.0 Å². The highest BCUT2D eigenvalue weighted by atomic mass is 35.5. The Hall–Kier alpha value is -2.31. The number of nitrogens with zero attached hydrogens (tertiary/aromatic N) is 1. The molecule has 3 rings (SSSR count). The fraction of sp³-hybridized carbons (Fsp3) is 0.333. The number of halogens is 1. The largest absolute Gasteiger partial charge is 0.481 e. The summed E-state index contributed by atoms with van der Waals surface area (Å²) in [7, 11) is 0. The van der Waals surface area contributed by atoms with Crippen molar-refractivity contribution in [2.45, 2.75) is 19.4 Å². The zero-order valence-electron chi connectivity index (χ0n) is 13.7. The Labute approximate surface area is 149 Å². The Bertz CT molecular complexity index is 801. The third-order valence-electron chi connectivity index (χ3n) is 4.15. The number of carbonyl (C=O) groups excluding carboxylic acids is 1.